The molecule has 0 saturated heterocycles. The second-order valence-corrected chi connectivity index (χ2v) is 1.10. The molecule has 0 aliphatic rings. The molecular formula is C3H11Cl2N3O. The van der Waals surface area contributed by atoms with Crippen molar-refractivity contribution >= 4 is 30.7 Å². The predicted octanol–water partition coefficient (Wildman–Crippen LogP) is -0.961. The van der Waals surface area contributed by atoms with Crippen LogP contribution in [0.25, 0.3) is 0 Å². The first-order chi connectivity index (χ1) is 3.31. The molecule has 0 aliphatic carbocycles. The fourth-order valence-electron chi connectivity index (χ4n) is 0.212. The maximum Gasteiger partial charge on any atom is 0.247 e. The smallest absolute Gasteiger partial charge is 0.247 e. The lowest BCUT2D eigenvalue weighted by Gasteiger charge is -1.93. The Balaban J connectivity index is -0.000000180. The van der Waals surface area contributed by atoms with Gasteiger partial charge in [-0.05, 0) is 7.05 Å². The second-order valence-electron chi connectivity index (χ2n) is 1.10. The molecule has 6 heteroatoms. The molecule has 0 bridgehead atoms. The van der Waals surface area contributed by atoms with Crippen LogP contribution in [0.4, 0.5) is 0 Å². The first kappa shape index (κ1) is 16.0. The highest BCUT2D eigenvalue weighted by molar-refractivity contribution is 5.85. The predicted molar refractivity (Wildman–Crippen MR) is 40.8 cm³/mol. The van der Waals surface area contributed by atoms with Crippen LogP contribution >= 0.6 is 24.8 Å². The van der Waals surface area contributed by atoms with Crippen LogP contribution in [0.5, 0.6) is 0 Å². The van der Waals surface area contributed by atoms with Gasteiger partial charge in [0.25, 0.3) is 0 Å². The SMILES string of the molecule is CNCC(=O)NN.Cl.Cl. The number of nitrogens with one attached hydrogen (secondary N) is 2. The molecule has 4 nitrogen and oxygen atoms in total. The molecular weight excluding hydrogens is 165 g/mol. The van der Waals surface area contributed by atoms with E-state index >= 15 is 0 Å². The van der Waals surface area contributed by atoms with E-state index in [4.69, 9.17) is 5.84 Å². The summed E-state index contributed by atoms with van der Waals surface area (Å²) in [6.45, 7) is 0.274. The summed E-state index contributed by atoms with van der Waals surface area (Å²) in [4.78, 5) is 10.1. The molecule has 0 aromatic heterocycles. The number of rotatable bonds is 2. The maximum atomic E-state index is 10.1. The summed E-state index contributed by atoms with van der Waals surface area (Å²) < 4.78 is 0. The van der Waals surface area contributed by atoms with Crippen LogP contribution in [0.15, 0.2) is 0 Å². The number of hydrogen-bond donors (Lipinski definition) is 3. The van der Waals surface area contributed by atoms with Crippen LogP contribution < -0.4 is 16.6 Å². The lowest BCUT2D eigenvalue weighted by atomic mass is 10.6. The van der Waals surface area contributed by atoms with Crippen molar-refractivity contribution in [2.24, 2.45) is 5.84 Å². The van der Waals surface area contributed by atoms with Crippen molar-refractivity contribution in [2.45, 2.75) is 0 Å². The van der Waals surface area contributed by atoms with Crippen LogP contribution in [-0.4, -0.2) is 19.5 Å². The van der Waals surface area contributed by atoms with Crippen molar-refractivity contribution in [3.05, 3.63) is 0 Å². The zero-order chi connectivity index (χ0) is 5.70. The fraction of sp³-hybridized carbons (Fsp3) is 0.667. The van der Waals surface area contributed by atoms with E-state index in [1.165, 1.54) is 0 Å². The molecule has 0 radical (unpaired) electrons. The summed E-state index contributed by atoms with van der Waals surface area (Å²) >= 11 is 0. The molecule has 58 valence electrons. The standard InChI is InChI=1S/C3H9N3O.2ClH/c1-5-2-3(7)6-4;;/h5H,2,4H2,1H3,(H,6,7);2*1H. The fourth-order valence-corrected chi connectivity index (χ4v) is 0.212. The minimum atomic E-state index is -0.206. The summed E-state index contributed by atoms with van der Waals surface area (Å²) in [5, 5.41) is 2.63. The van der Waals surface area contributed by atoms with Crippen LogP contribution in [0.1, 0.15) is 0 Å². The molecule has 0 aliphatic heterocycles. The summed E-state index contributed by atoms with van der Waals surface area (Å²) in [6, 6.07) is 0. The third-order valence-corrected chi connectivity index (χ3v) is 0.498. The average Bonchev–Trinajstić information content (AvgIpc) is 1.68. The van der Waals surface area contributed by atoms with Gasteiger partial charge in [0.15, 0.2) is 0 Å². The van der Waals surface area contributed by atoms with Gasteiger partial charge in [0.2, 0.25) is 5.91 Å². The highest BCUT2D eigenvalue weighted by atomic mass is 35.5. The van der Waals surface area contributed by atoms with Gasteiger partial charge in [-0.25, -0.2) is 5.84 Å². The van der Waals surface area contributed by atoms with Crippen molar-refractivity contribution in [1.82, 2.24) is 10.7 Å². The van der Waals surface area contributed by atoms with Crippen molar-refractivity contribution < 1.29 is 4.79 Å². The molecule has 0 rings (SSSR count). The first-order valence-electron chi connectivity index (χ1n) is 1.95. The third kappa shape index (κ3) is 11.5. The molecule has 9 heavy (non-hydrogen) atoms. The van der Waals surface area contributed by atoms with Crippen LogP contribution in [0.2, 0.25) is 0 Å². The molecule has 4 N–H and O–H groups in total. The lowest BCUT2D eigenvalue weighted by Crippen LogP contribution is -2.36. The van der Waals surface area contributed by atoms with E-state index < -0.39 is 0 Å². The minimum absolute atomic E-state index is 0. The van der Waals surface area contributed by atoms with Gasteiger partial charge < -0.3 is 5.32 Å². The zero-order valence-electron chi connectivity index (χ0n) is 5.01. The third-order valence-electron chi connectivity index (χ3n) is 0.498. The van der Waals surface area contributed by atoms with Gasteiger partial charge in [0.1, 0.15) is 0 Å². The van der Waals surface area contributed by atoms with E-state index in [2.05, 4.69) is 5.32 Å². The number of carbonyl (C=O) groups is 1. The van der Waals surface area contributed by atoms with Crippen LogP contribution in [0, 0.1) is 0 Å². The number of halogens is 2. The van der Waals surface area contributed by atoms with Crippen molar-refractivity contribution in [2.75, 3.05) is 13.6 Å². The average molecular weight is 176 g/mol. The molecule has 1 amide bonds. The molecule has 0 unspecified atom stereocenters. The Morgan fingerprint density at radius 1 is 1.56 bits per heavy atom. The normalized spacial score (nSPS) is 6.44. The molecule has 0 spiro atoms. The topological polar surface area (TPSA) is 67.2 Å². The van der Waals surface area contributed by atoms with E-state index in [-0.39, 0.29) is 37.3 Å². The van der Waals surface area contributed by atoms with Gasteiger partial charge in [-0.3, -0.25) is 10.2 Å². The molecule has 0 atom stereocenters. The molecule has 0 fully saturated rings. The van der Waals surface area contributed by atoms with Crippen LogP contribution in [-0.2, 0) is 4.79 Å². The summed E-state index contributed by atoms with van der Waals surface area (Å²) in [5.74, 6) is 4.51. The quantitative estimate of drug-likeness (QED) is 0.288. The van der Waals surface area contributed by atoms with Crippen molar-refractivity contribution in [3.8, 4) is 0 Å². The Morgan fingerprint density at radius 2 is 2.00 bits per heavy atom. The minimum Gasteiger partial charge on any atom is -0.311 e. The van der Waals surface area contributed by atoms with Crippen molar-refractivity contribution in [3.63, 3.8) is 0 Å². The van der Waals surface area contributed by atoms with Gasteiger partial charge in [0, 0.05) is 0 Å². The van der Waals surface area contributed by atoms with Gasteiger partial charge in [0.05, 0.1) is 6.54 Å². The Bertz CT molecular complexity index is 70.1. The summed E-state index contributed by atoms with van der Waals surface area (Å²) in [5.41, 5.74) is 1.96. The number of amides is 1. The molecule has 0 heterocycles. The Morgan fingerprint density at radius 3 is 2.11 bits per heavy atom. The van der Waals surface area contributed by atoms with Crippen LogP contribution in [0.3, 0.4) is 0 Å². The highest BCUT2D eigenvalue weighted by Crippen LogP contribution is 1.50. The maximum absolute atomic E-state index is 10.1. The van der Waals surface area contributed by atoms with Gasteiger partial charge in [-0.15, -0.1) is 24.8 Å². The Labute approximate surface area is 66.3 Å². The van der Waals surface area contributed by atoms with Gasteiger partial charge in [-0.1, -0.05) is 0 Å². The Kier molecular flexibility index (Phi) is 19.3. The number of hydrazine groups is 1. The summed E-state index contributed by atoms with van der Waals surface area (Å²) in [6.07, 6.45) is 0. The van der Waals surface area contributed by atoms with Gasteiger partial charge >= 0.3 is 0 Å². The largest absolute Gasteiger partial charge is 0.311 e. The monoisotopic (exact) mass is 175 g/mol. The second kappa shape index (κ2) is 10.9. The molecule has 0 aromatic carbocycles. The number of carbonyl (C=O) groups excluding carboxylic acids is 1. The first-order valence-corrected chi connectivity index (χ1v) is 1.95. The molecule has 0 saturated carbocycles. The zero-order valence-corrected chi connectivity index (χ0v) is 6.64. The Hall–Kier alpha value is -0.0300. The number of likely N-dealkylation sites (N-methyl/N-ethyl adjacent to an activating group) is 1. The molecule has 0 aromatic rings. The number of nitrogens with two attached hydrogens (primary N) is 1. The van der Waals surface area contributed by atoms with E-state index in [0.717, 1.165) is 0 Å². The lowest BCUT2D eigenvalue weighted by molar-refractivity contribution is -0.120. The van der Waals surface area contributed by atoms with Gasteiger partial charge in [-0.2, -0.15) is 0 Å². The van der Waals surface area contributed by atoms with E-state index in [0.29, 0.717) is 0 Å². The summed E-state index contributed by atoms with van der Waals surface area (Å²) in [7, 11) is 1.68. The van der Waals surface area contributed by atoms with E-state index in [9.17, 15) is 4.79 Å². The highest BCUT2D eigenvalue weighted by Gasteiger charge is 1.89. The van der Waals surface area contributed by atoms with E-state index in [1.807, 2.05) is 5.43 Å². The van der Waals surface area contributed by atoms with Crippen molar-refractivity contribution in [1.29, 1.82) is 0 Å². The van der Waals surface area contributed by atoms with E-state index in [1.54, 1.807) is 7.05 Å². The number of hydrogen-bond acceptors (Lipinski definition) is 3.